The molecule has 0 radical (unpaired) electrons. The summed E-state index contributed by atoms with van der Waals surface area (Å²) < 4.78 is 0.801. The van der Waals surface area contributed by atoms with Gasteiger partial charge in [-0.25, -0.2) is 4.98 Å². The molecule has 0 saturated carbocycles. The van der Waals surface area contributed by atoms with Gasteiger partial charge in [0.1, 0.15) is 5.15 Å². The van der Waals surface area contributed by atoms with Crippen molar-refractivity contribution < 1.29 is 0 Å². The van der Waals surface area contributed by atoms with Gasteiger partial charge in [0.15, 0.2) is 0 Å². The fraction of sp³-hybridized carbons (Fsp3) is 0.214. The maximum atomic E-state index is 5.85. The lowest BCUT2D eigenvalue weighted by Gasteiger charge is -2.10. The summed E-state index contributed by atoms with van der Waals surface area (Å²) in [4.78, 5) is 4.08. The summed E-state index contributed by atoms with van der Waals surface area (Å²) in [6.45, 7) is 5.01. The highest BCUT2D eigenvalue weighted by molar-refractivity contribution is 9.10. The first-order valence-corrected chi connectivity index (χ1v) is 6.84. The Balaban J connectivity index is 2.09. The number of aryl methyl sites for hydroxylation is 2. The minimum atomic E-state index is 0.479. The molecular weight excluding hydrogens is 312 g/mol. The summed E-state index contributed by atoms with van der Waals surface area (Å²) in [7, 11) is 0. The van der Waals surface area contributed by atoms with Crippen LogP contribution in [0.2, 0.25) is 5.15 Å². The lowest BCUT2D eigenvalue weighted by molar-refractivity contribution is 1.10. The van der Waals surface area contributed by atoms with Crippen molar-refractivity contribution in [3.63, 3.8) is 0 Å². The second-order valence-electron chi connectivity index (χ2n) is 4.28. The maximum Gasteiger partial charge on any atom is 0.143 e. The van der Waals surface area contributed by atoms with E-state index in [1.54, 1.807) is 6.20 Å². The Morgan fingerprint density at radius 3 is 2.72 bits per heavy atom. The second kappa shape index (κ2) is 5.72. The molecule has 0 fully saturated rings. The molecule has 94 valence electrons. The van der Waals surface area contributed by atoms with E-state index in [1.807, 2.05) is 6.07 Å². The minimum absolute atomic E-state index is 0.479. The molecule has 2 nitrogen and oxygen atoms in total. The average Bonchev–Trinajstić information content (AvgIpc) is 2.32. The smallest absolute Gasteiger partial charge is 0.143 e. The predicted octanol–water partition coefficient (Wildman–Crippen LogP) is 4.73. The van der Waals surface area contributed by atoms with Gasteiger partial charge in [-0.15, -0.1) is 0 Å². The van der Waals surface area contributed by atoms with Crippen molar-refractivity contribution in [3.8, 4) is 0 Å². The monoisotopic (exact) mass is 324 g/mol. The number of anilines is 1. The van der Waals surface area contributed by atoms with Crippen molar-refractivity contribution >= 4 is 33.2 Å². The zero-order chi connectivity index (χ0) is 13.1. The van der Waals surface area contributed by atoms with Crippen molar-refractivity contribution in [3.05, 3.63) is 56.8 Å². The standard InChI is InChI=1S/C14H14BrClN2/c1-9-3-4-11(10(2)5-9)7-17-12-6-13(15)14(16)18-8-12/h3-6,8,17H,7H2,1-2H3. The molecule has 0 aliphatic rings. The highest BCUT2D eigenvalue weighted by Gasteiger charge is 2.02. The molecule has 2 rings (SSSR count). The molecule has 1 aromatic carbocycles. The van der Waals surface area contributed by atoms with Gasteiger partial charge in [0.05, 0.1) is 16.4 Å². The van der Waals surface area contributed by atoms with E-state index in [-0.39, 0.29) is 0 Å². The summed E-state index contributed by atoms with van der Waals surface area (Å²) in [5.41, 5.74) is 4.81. The molecule has 0 amide bonds. The lowest BCUT2D eigenvalue weighted by atomic mass is 10.1. The number of nitrogens with one attached hydrogen (secondary N) is 1. The van der Waals surface area contributed by atoms with Crippen LogP contribution in [0, 0.1) is 13.8 Å². The van der Waals surface area contributed by atoms with Crippen LogP contribution in [0.3, 0.4) is 0 Å². The van der Waals surface area contributed by atoms with E-state index < -0.39 is 0 Å². The van der Waals surface area contributed by atoms with E-state index in [0.29, 0.717) is 5.15 Å². The molecule has 0 aliphatic carbocycles. The minimum Gasteiger partial charge on any atom is -0.380 e. The lowest BCUT2D eigenvalue weighted by Crippen LogP contribution is -2.02. The molecule has 1 heterocycles. The van der Waals surface area contributed by atoms with E-state index in [1.165, 1.54) is 16.7 Å². The van der Waals surface area contributed by atoms with Crippen molar-refractivity contribution in [1.29, 1.82) is 0 Å². The van der Waals surface area contributed by atoms with Gasteiger partial charge in [0, 0.05) is 6.54 Å². The fourth-order valence-corrected chi connectivity index (χ4v) is 2.21. The van der Waals surface area contributed by atoms with Gasteiger partial charge in [0.25, 0.3) is 0 Å². The Morgan fingerprint density at radius 2 is 2.06 bits per heavy atom. The van der Waals surface area contributed by atoms with Crippen molar-refractivity contribution in [2.75, 3.05) is 5.32 Å². The summed E-state index contributed by atoms with van der Waals surface area (Å²) in [5.74, 6) is 0. The summed E-state index contributed by atoms with van der Waals surface area (Å²) in [6, 6.07) is 8.39. The molecule has 0 spiro atoms. The van der Waals surface area contributed by atoms with Gasteiger partial charge in [-0.2, -0.15) is 0 Å². The Kier molecular flexibility index (Phi) is 4.25. The molecule has 1 N–H and O–H groups in total. The molecule has 0 aliphatic heterocycles. The van der Waals surface area contributed by atoms with E-state index >= 15 is 0 Å². The third-order valence-corrected chi connectivity index (χ3v) is 3.91. The number of aromatic nitrogens is 1. The van der Waals surface area contributed by atoms with Crippen LogP contribution in [0.1, 0.15) is 16.7 Å². The number of nitrogens with zero attached hydrogens (tertiary/aromatic N) is 1. The van der Waals surface area contributed by atoms with Crippen LogP contribution in [0.5, 0.6) is 0 Å². The topological polar surface area (TPSA) is 24.9 Å². The fourth-order valence-electron chi connectivity index (χ4n) is 1.76. The third kappa shape index (κ3) is 3.24. The van der Waals surface area contributed by atoms with Crippen LogP contribution < -0.4 is 5.32 Å². The first kappa shape index (κ1) is 13.4. The molecule has 4 heteroatoms. The van der Waals surface area contributed by atoms with E-state index in [2.05, 4.69) is 58.3 Å². The summed E-state index contributed by atoms with van der Waals surface area (Å²) in [5, 5.41) is 3.82. The van der Waals surface area contributed by atoms with Gasteiger partial charge in [-0.3, -0.25) is 0 Å². The zero-order valence-electron chi connectivity index (χ0n) is 10.3. The highest BCUT2D eigenvalue weighted by atomic mass is 79.9. The van der Waals surface area contributed by atoms with Crippen LogP contribution in [0.15, 0.2) is 34.9 Å². The van der Waals surface area contributed by atoms with Gasteiger partial charge in [-0.1, -0.05) is 35.4 Å². The van der Waals surface area contributed by atoms with Gasteiger partial charge < -0.3 is 5.32 Å². The van der Waals surface area contributed by atoms with Crippen LogP contribution in [-0.4, -0.2) is 4.98 Å². The summed E-state index contributed by atoms with van der Waals surface area (Å²) in [6.07, 6.45) is 1.73. The van der Waals surface area contributed by atoms with Crippen molar-refractivity contribution in [1.82, 2.24) is 4.98 Å². The van der Waals surface area contributed by atoms with Crippen LogP contribution in [0.25, 0.3) is 0 Å². The molecule has 0 bridgehead atoms. The van der Waals surface area contributed by atoms with Crippen LogP contribution in [0.4, 0.5) is 5.69 Å². The number of benzene rings is 1. The van der Waals surface area contributed by atoms with Gasteiger partial charge in [-0.05, 0) is 47.0 Å². The normalized spacial score (nSPS) is 10.4. The Bertz CT molecular complexity index is 570. The van der Waals surface area contributed by atoms with E-state index in [9.17, 15) is 0 Å². The maximum absolute atomic E-state index is 5.85. The number of halogens is 2. The molecule has 18 heavy (non-hydrogen) atoms. The zero-order valence-corrected chi connectivity index (χ0v) is 12.6. The van der Waals surface area contributed by atoms with E-state index in [4.69, 9.17) is 11.6 Å². The number of pyridine rings is 1. The van der Waals surface area contributed by atoms with Crippen molar-refractivity contribution in [2.45, 2.75) is 20.4 Å². The summed E-state index contributed by atoms with van der Waals surface area (Å²) >= 11 is 9.22. The number of hydrogen-bond acceptors (Lipinski definition) is 2. The number of hydrogen-bond donors (Lipinski definition) is 1. The first-order valence-electron chi connectivity index (χ1n) is 5.67. The molecule has 1 aromatic heterocycles. The molecule has 2 aromatic rings. The van der Waals surface area contributed by atoms with Crippen LogP contribution in [-0.2, 0) is 6.54 Å². The molecule has 0 saturated heterocycles. The first-order chi connectivity index (χ1) is 8.56. The molecule has 0 unspecified atom stereocenters. The average molecular weight is 326 g/mol. The van der Waals surface area contributed by atoms with Crippen LogP contribution >= 0.6 is 27.5 Å². The van der Waals surface area contributed by atoms with E-state index in [0.717, 1.165) is 16.7 Å². The third-order valence-electron chi connectivity index (χ3n) is 2.78. The predicted molar refractivity (Wildman–Crippen MR) is 80.2 cm³/mol. The van der Waals surface area contributed by atoms with Crippen molar-refractivity contribution in [2.24, 2.45) is 0 Å². The number of rotatable bonds is 3. The quantitative estimate of drug-likeness (QED) is 0.825. The Labute approximate surface area is 121 Å². The molecule has 0 atom stereocenters. The Hall–Kier alpha value is -1.06. The highest BCUT2D eigenvalue weighted by Crippen LogP contribution is 2.23. The second-order valence-corrected chi connectivity index (χ2v) is 5.49. The van der Waals surface area contributed by atoms with Gasteiger partial charge in [0.2, 0.25) is 0 Å². The Morgan fingerprint density at radius 1 is 1.28 bits per heavy atom. The van der Waals surface area contributed by atoms with Gasteiger partial charge >= 0.3 is 0 Å². The largest absolute Gasteiger partial charge is 0.380 e. The molecular formula is C14H14BrClN2. The SMILES string of the molecule is Cc1ccc(CNc2cnc(Cl)c(Br)c2)c(C)c1.